The molecule has 20 heavy (non-hydrogen) atoms. The third kappa shape index (κ3) is 2.80. The van der Waals surface area contributed by atoms with Crippen LogP contribution in [-0.4, -0.2) is 15.7 Å². The van der Waals surface area contributed by atoms with E-state index in [0.717, 1.165) is 16.7 Å². The van der Waals surface area contributed by atoms with Crippen LogP contribution in [0.25, 0.3) is 11.1 Å². The summed E-state index contributed by atoms with van der Waals surface area (Å²) in [6, 6.07) is 3.62. The van der Waals surface area contributed by atoms with E-state index in [1.165, 1.54) is 0 Å². The smallest absolute Gasteiger partial charge is 0.115 e. The Morgan fingerprint density at radius 1 is 0.750 bits per heavy atom. The Hall–Kier alpha value is 0.320. The van der Waals surface area contributed by atoms with Crippen LogP contribution in [0.5, 0.6) is 0 Å². The molecule has 98 valence electrons. The van der Waals surface area contributed by atoms with Crippen molar-refractivity contribution in [2.24, 2.45) is 0 Å². The molecular formula is C13H10B2S5. The van der Waals surface area contributed by atoms with E-state index in [9.17, 15) is 0 Å². The molecule has 4 radical (unpaired) electrons. The lowest BCUT2D eigenvalue weighted by Gasteiger charge is -2.20. The quantitative estimate of drug-likeness (QED) is 0.380. The number of hydrogen-bond acceptors (Lipinski definition) is 5. The van der Waals surface area contributed by atoms with Crippen LogP contribution < -0.4 is 10.9 Å². The van der Waals surface area contributed by atoms with Gasteiger partial charge in [0, 0.05) is 30.0 Å². The predicted molar refractivity (Wildman–Crippen MR) is 104 cm³/mol. The zero-order valence-electron chi connectivity index (χ0n) is 10.5. The summed E-state index contributed by atoms with van der Waals surface area (Å²) in [5.74, 6) is 0. The molecule has 0 fully saturated rings. The van der Waals surface area contributed by atoms with Gasteiger partial charge in [-0.3, -0.25) is 0 Å². The summed E-state index contributed by atoms with van der Waals surface area (Å²) >= 11 is 22.2. The maximum Gasteiger partial charge on any atom is 0.115 e. The lowest BCUT2D eigenvalue weighted by molar-refractivity contribution is 1.09. The fourth-order valence-electron chi connectivity index (χ4n) is 1.98. The molecule has 0 N–H and O–H groups in total. The van der Waals surface area contributed by atoms with Crippen LogP contribution >= 0.6 is 63.1 Å². The van der Waals surface area contributed by atoms with E-state index in [-0.39, 0.29) is 0 Å². The fourth-order valence-corrected chi connectivity index (χ4v) is 3.80. The Morgan fingerprint density at radius 3 is 1.95 bits per heavy atom. The van der Waals surface area contributed by atoms with Gasteiger partial charge in [0.2, 0.25) is 0 Å². The molecule has 2 aromatic carbocycles. The average molecular weight is 348 g/mol. The first-order valence-corrected chi connectivity index (χ1v) is 7.84. The average Bonchev–Trinajstić information content (AvgIpc) is 2.37. The third-order valence-electron chi connectivity index (χ3n) is 3.06. The Bertz CT molecular complexity index is 651. The summed E-state index contributed by atoms with van der Waals surface area (Å²) in [6.45, 7) is 1.89. The molecule has 7 heteroatoms. The Labute approximate surface area is 149 Å². The molecule has 0 saturated carbocycles. The molecule has 0 spiro atoms. The zero-order valence-corrected chi connectivity index (χ0v) is 15.0. The largest absolute Gasteiger partial charge is 0.143 e. The van der Waals surface area contributed by atoms with Crippen LogP contribution in [0.4, 0.5) is 0 Å². The van der Waals surface area contributed by atoms with Gasteiger partial charge in [0.15, 0.2) is 0 Å². The van der Waals surface area contributed by atoms with E-state index in [1.807, 2.05) is 13.0 Å². The number of thiol groups is 5. The second-order valence-corrected chi connectivity index (χ2v) is 6.71. The van der Waals surface area contributed by atoms with Gasteiger partial charge in [-0.15, -0.1) is 63.1 Å². The van der Waals surface area contributed by atoms with E-state index in [2.05, 4.69) is 63.1 Å². The van der Waals surface area contributed by atoms with Crippen LogP contribution in [0.2, 0.25) is 0 Å². The molecule has 0 amide bonds. The minimum Gasteiger partial charge on any atom is -0.143 e. The van der Waals surface area contributed by atoms with Crippen LogP contribution in [0, 0.1) is 6.92 Å². The molecular weight excluding hydrogens is 338 g/mol. The van der Waals surface area contributed by atoms with Crippen LogP contribution in [0.15, 0.2) is 36.6 Å². The molecule has 0 atom stereocenters. The van der Waals surface area contributed by atoms with Crippen molar-refractivity contribution in [3.05, 3.63) is 17.7 Å². The first-order valence-electron chi connectivity index (χ1n) is 5.60. The van der Waals surface area contributed by atoms with Gasteiger partial charge in [-0.1, -0.05) is 22.6 Å². The molecule has 0 unspecified atom stereocenters. The van der Waals surface area contributed by atoms with Gasteiger partial charge < -0.3 is 0 Å². The number of benzene rings is 2. The number of aryl methyl sites for hydroxylation is 1. The first-order chi connectivity index (χ1) is 9.25. The highest BCUT2D eigenvalue weighted by Crippen LogP contribution is 2.40. The maximum atomic E-state index is 6.13. The molecule has 2 aromatic rings. The first kappa shape index (κ1) is 16.7. The lowest BCUT2D eigenvalue weighted by Crippen LogP contribution is -2.20. The Balaban J connectivity index is 2.90. The lowest BCUT2D eigenvalue weighted by atomic mass is 9.79. The second-order valence-electron chi connectivity index (χ2n) is 4.41. The minimum atomic E-state index is 0.576. The van der Waals surface area contributed by atoms with Gasteiger partial charge in [0.25, 0.3) is 0 Å². The van der Waals surface area contributed by atoms with Crippen molar-refractivity contribution in [2.45, 2.75) is 31.4 Å². The van der Waals surface area contributed by atoms with E-state index in [1.54, 1.807) is 6.07 Å². The van der Waals surface area contributed by atoms with Gasteiger partial charge >= 0.3 is 0 Å². The van der Waals surface area contributed by atoms with Gasteiger partial charge in [0.05, 0.1) is 0 Å². The minimum absolute atomic E-state index is 0.576. The molecule has 0 heterocycles. The fraction of sp³-hybridized carbons (Fsp3) is 0.0769. The molecule has 0 aromatic heterocycles. The van der Waals surface area contributed by atoms with Crippen molar-refractivity contribution >= 4 is 89.8 Å². The van der Waals surface area contributed by atoms with Crippen molar-refractivity contribution in [3.8, 4) is 11.1 Å². The predicted octanol–water partition coefficient (Wildman–Crippen LogP) is 2.69. The van der Waals surface area contributed by atoms with E-state index < -0.39 is 0 Å². The topological polar surface area (TPSA) is 0 Å². The maximum absolute atomic E-state index is 6.13. The molecule has 0 aliphatic heterocycles. The number of rotatable bonds is 1. The van der Waals surface area contributed by atoms with Gasteiger partial charge in [-0.25, -0.2) is 0 Å². The summed E-state index contributed by atoms with van der Waals surface area (Å²) in [5.41, 5.74) is 3.53. The van der Waals surface area contributed by atoms with Crippen molar-refractivity contribution in [1.29, 1.82) is 0 Å². The molecule has 0 aliphatic rings. The van der Waals surface area contributed by atoms with Crippen molar-refractivity contribution < 1.29 is 0 Å². The van der Waals surface area contributed by atoms with Crippen LogP contribution in [-0.2, 0) is 0 Å². The SMILES string of the molecule is [B]c1cc(C)c([B])c(S)c1-c1c(S)cc(S)c(S)c1S. The summed E-state index contributed by atoms with van der Waals surface area (Å²) in [7, 11) is 12.2. The van der Waals surface area contributed by atoms with Gasteiger partial charge in [0.1, 0.15) is 15.7 Å². The van der Waals surface area contributed by atoms with Crippen LogP contribution in [0.3, 0.4) is 0 Å². The van der Waals surface area contributed by atoms with Gasteiger partial charge in [-0.2, -0.15) is 0 Å². The van der Waals surface area contributed by atoms with Crippen molar-refractivity contribution in [2.75, 3.05) is 0 Å². The molecule has 2 rings (SSSR count). The molecule has 0 nitrogen and oxygen atoms in total. The Kier molecular flexibility index (Phi) is 5.18. The zero-order chi connectivity index (χ0) is 15.2. The summed E-state index contributed by atoms with van der Waals surface area (Å²) < 4.78 is 0. The highest BCUT2D eigenvalue weighted by Gasteiger charge is 2.17. The summed E-state index contributed by atoms with van der Waals surface area (Å²) in [6.07, 6.45) is 0. The summed E-state index contributed by atoms with van der Waals surface area (Å²) in [4.78, 5) is 3.33. The molecule has 0 aliphatic carbocycles. The Morgan fingerprint density at radius 2 is 1.35 bits per heavy atom. The standard InChI is InChI=1S/C13H10B2S5/c1-4-2-5(14)8(12(19)10(4)15)9-6(16)3-7(17)11(18)13(9)20/h2-3,16-20H,1H3. The highest BCUT2D eigenvalue weighted by molar-refractivity contribution is 7.85. The second kappa shape index (κ2) is 6.21. The van der Waals surface area contributed by atoms with E-state index >= 15 is 0 Å². The molecule has 0 bridgehead atoms. The summed E-state index contributed by atoms with van der Waals surface area (Å²) in [5, 5.41) is 0. The number of hydrogen-bond donors (Lipinski definition) is 5. The van der Waals surface area contributed by atoms with Gasteiger partial charge in [-0.05, 0) is 18.6 Å². The van der Waals surface area contributed by atoms with Crippen molar-refractivity contribution in [1.82, 2.24) is 0 Å². The normalized spacial score (nSPS) is 10.9. The van der Waals surface area contributed by atoms with E-state index in [4.69, 9.17) is 15.7 Å². The van der Waals surface area contributed by atoms with Crippen molar-refractivity contribution in [3.63, 3.8) is 0 Å². The monoisotopic (exact) mass is 348 g/mol. The van der Waals surface area contributed by atoms with E-state index in [0.29, 0.717) is 35.4 Å². The third-order valence-corrected chi connectivity index (χ3v) is 5.50. The van der Waals surface area contributed by atoms with Crippen LogP contribution in [0.1, 0.15) is 5.56 Å². The highest BCUT2D eigenvalue weighted by atomic mass is 32.1. The molecule has 0 saturated heterocycles.